The van der Waals surface area contributed by atoms with Crippen LogP contribution in [0.2, 0.25) is 0 Å². The number of rotatable bonds is 9. The first-order valence-electron chi connectivity index (χ1n) is 10.9. The highest BCUT2D eigenvalue weighted by atomic mass is 16.6. The fourth-order valence-electron chi connectivity index (χ4n) is 4.00. The molecule has 0 saturated carbocycles. The van der Waals surface area contributed by atoms with E-state index in [9.17, 15) is 14.4 Å². The number of hydrogen-bond acceptors (Lipinski definition) is 7. The van der Waals surface area contributed by atoms with E-state index in [0.29, 0.717) is 18.0 Å². The van der Waals surface area contributed by atoms with Crippen LogP contribution in [0.15, 0.2) is 48.5 Å². The van der Waals surface area contributed by atoms with Gasteiger partial charge in [0, 0.05) is 31.3 Å². The molecule has 34 heavy (non-hydrogen) atoms. The van der Waals surface area contributed by atoms with Crippen molar-refractivity contribution in [3.63, 3.8) is 0 Å². The first kappa shape index (κ1) is 23.2. The monoisotopic (exact) mass is 469 g/mol. The Balaban J connectivity index is 1.45. The summed E-state index contributed by atoms with van der Waals surface area (Å²) in [5.74, 6) is 0.852. The van der Waals surface area contributed by atoms with Crippen molar-refractivity contribution in [2.45, 2.75) is 25.2 Å². The van der Waals surface area contributed by atoms with E-state index in [1.807, 2.05) is 36.4 Å². The largest absolute Gasteiger partial charge is 0.497 e. The Bertz CT molecular complexity index is 1050. The number of hydrogen-bond donors (Lipinski definition) is 1. The highest BCUT2D eigenvalue weighted by Crippen LogP contribution is 2.32. The van der Waals surface area contributed by atoms with E-state index in [0.717, 1.165) is 11.1 Å². The van der Waals surface area contributed by atoms with Gasteiger partial charge in [0.05, 0.1) is 26.8 Å². The highest BCUT2D eigenvalue weighted by molar-refractivity contribution is 5.90. The lowest BCUT2D eigenvalue weighted by Crippen LogP contribution is -2.69. The van der Waals surface area contributed by atoms with E-state index in [4.69, 9.17) is 18.9 Å². The molecule has 0 aliphatic carbocycles. The van der Waals surface area contributed by atoms with Crippen molar-refractivity contribution in [3.8, 4) is 11.5 Å². The Kier molecular flexibility index (Phi) is 7.05. The summed E-state index contributed by atoms with van der Waals surface area (Å²) < 4.78 is 21.2. The summed E-state index contributed by atoms with van der Waals surface area (Å²) in [4.78, 5) is 40.5. The van der Waals surface area contributed by atoms with Crippen LogP contribution in [0.4, 0.5) is 9.59 Å². The minimum atomic E-state index is -1.01. The number of carbonyl (C=O) groups is 3. The quantitative estimate of drug-likeness (QED) is 0.561. The zero-order valence-electron chi connectivity index (χ0n) is 19.1. The Morgan fingerprint density at radius 2 is 1.91 bits per heavy atom. The van der Waals surface area contributed by atoms with Crippen molar-refractivity contribution in [1.29, 1.82) is 0 Å². The first-order chi connectivity index (χ1) is 16.5. The van der Waals surface area contributed by atoms with Crippen molar-refractivity contribution < 1.29 is 33.3 Å². The molecule has 4 rings (SSSR count). The van der Waals surface area contributed by atoms with Crippen LogP contribution in [0.1, 0.15) is 11.1 Å². The van der Waals surface area contributed by atoms with Gasteiger partial charge in [0.1, 0.15) is 18.1 Å². The van der Waals surface area contributed by atoms with E-state index < -0.39 is 24.3 Å². The number of ether oxygens (including phenoxy) is 4. The molecule has 0 aromatic heterocycles. The molecule has 1 N–H and O–H groups in total. The van der Waals surface area contributed by atoms with Crippen LogP contribution < -0.4 is 14.8 Å². The summed E-state index contributed by atoms with van der Waals surface area (Å²) in [6.07, 6.45) is -2.15. The summed E-state index contributed by atoms with van der Waals surface area (Å²) in [7, 11) is 3.10. The van der Waals surface area contributed by atoms with Crippen molar-refractivity contribution in [3.05, 3.63) is 59.7 Å². The minimum absolute atomic E-state index is 0.194. The standard InChI is InChI=1S/C24H27N3O7/c1-31-18-9-8-17(20(12-18)32-2)14-27-19(15-26-10-11-33-24(26)30)21(22(27)28)34-23(29)25-13-16-6-4-3-5-7-16/h3-9,12,19,21H,10-11,13-15H2,1-2H3,(H,25,29)/t19-,21+/m1/s1. The van der Waals surface area contributed by atoms with Gasteiger partial charge >= 0.3 is 12.2 Å². The molecule has 0 unspecified atom stereocenters. The molecule has 3 amide bonds. The molecule has 2 aromatic rings. The van der Waals surface area contributed by atoms with Crippen LogP contribution in [-0.4, -0.2) is 74.0 Å². The molecular weight excluding hydrogens is 442 g/mol. The van der Waals surface area contributed by atoms with Gasteiger partial charge in [-0.2, -0.15) is 0 Å². The number of methoxy groups -OCH3 is 2. The zero-order chi connectivity index (χ0) is 24.1. The molecule has 2 atom stereocenters. The molecular formula is C24H27N3O7. The van der Waals surface area contributed by atoms with Crippen molar-refractivity contribution in [1.82, 2.24) is 15.1 Å². The number of cyclic esters (lactones) is 1. The fourth-order valence-corrected chi connectivity index (χ4v) is 4.00. The second-order valence-electron chi connectivity index (χ2n) is 7.94. The third kappa shape index (κ3) is 5.00. The second kappa shape index (κ2) is 10.3. The average molecular weight is 469 g/mol. The lowest BCUT2D eigenvalue weighted by molar-refractivity contribution is -0.169. The maximum atomic E-state index is 13.0. The van der Waals surface area contributed by atoms with Gasteiger partial charge < -0.3 is 34.1 Å². The van der Waals surface area contributed by atoms with E-state index in [1.54, 1.807) is 24.1 Å². The van der Waals surface area contributed by atoms with Crippen LogP contribution in [-0.2, 0) is 27.4 Å². The molecule has 0 radical (unpaired) electrons. The molecule has 0 spiro atoms. The Hall–Kier alpha value is -3.95. The Labute approximate surface area is 197 Å². The average Bonchev–Trinajstić information content (AvgIpc) is 3.28. The van der Waals surface area contributed by atoms with Gasteiger partial charge in [-0.05, 0) is 17.7 Å². The van der Waals surface area contributed by atoms with Gasteiger partial charge in [-0.3, -0.25) is 4.79 Å². The van der Waals surface area contributed by atoms with E-state index >= 15 is 0 Å². The Morgan fingerprint density at radius 1 is 1.12 bits per heavy atom. The SMILES string of the molecule is COc1ccc(CN2C(=O)[C@@H](OC(=O)NCc3ccccc3)[C@H]2CN2CCOC2=O)c(OC)c1. The first-order valence-corrected chi connectivity index (χ1v) is 10.9. The summed E-state index contributed by atoms with van der Waals surface area (Å²) >= 11 is 0. The predicted molar refractivity (Wildman–Crippen MR) is 120 cm³/mol. The third-order valence-electron chi connectivity index (χ3n) is 5.88. The number of benzene rings is 2. The number of nitrogens with one attached hydrogen (secondary N) is 1. The van der Waals surface area contributed by atoms with Gasteiger partial charge in [-0.1, -0.05) is 30.3 Å². The molecule has 180 valence electrons. The number of β-lactam (4-membered cyclic amide) rings is 1. The molecule has 0 bridgehead atoms. The van der Waals surface area contributed by atoms with Gasteiger partial charge in [-0.15, -0.1) is 0 Å². The van der Waals surface area contributed by atoms with E-state index in [-0.39, 0.29) is 32.1 Å². The minimum Gasteiger partial charge on any atom is -0.497 e. The molecule has 2 aliphatic rings. The molecule has 10 heteroatoms. The summed E-state index contributed by atoms with van der Waals surface area (Å²) in [5, 5.41) is 2.67. The second-order valence-corrected chi connectivity index (χ2v) is 7.94. The molecule has 2 saturated heterocycles. The number of amides is 3. The van der Waals surface area contributed by atoms with Crippen LogP contribution in [0.3, 0.4) is 0 Å². The topological polar surface area (TPSA) is 107 Å². The van der Waals surface area contributed by atoms with Crippen LogP contribution >= 0.6 is 0 Å². The van der Waals surface area contributed by atoms with Gasteiger partial charge in [-0.25, -0.2) is 9.59 Å². The Morgan fingerprint density at radius 3 is 2.59 bits per heavy atom. The predicted octanol–water partition coefficient (Wildman–Crippen LogP) is 2.16. The molecule has 2 fully saturated rings. The highest BCUT2D eigenvalue weighted by Gasteiger charge is 2.51. The molecule has 2 aromatic carbocycles. The van der Waals surface area contributed by atoms with Crippen molar-refractivity contribution in [2.75, 3.05) is 33.9 Å². The van der Waals surface area contributed by atoms with E-state index in [2.05, 4.69) is 5.32 Å². The summed E-state index contributed by atoms with van der Waals surface area (Å²) in [5.41, 5.74) is 1.67. The van der Waals surface area contributed by atoms with E-state index in [1.165, 1.54) is 12.0 Å². The maximum Gasteiger partial charge on any atom is 0.410 e. The number of alkyl carbamates (subject to hydrolysis) is 1. The van der Waals surface area contributed by atoms with Gasteiger partial charge in [0.15, 0.2) is 0 Å². The third-order valence-corrected chi connectivity index (χ3v) is 5.88. The maximum absolute atomic E-state index is 13.0. The summed E-state index contributed by atoms with van der Waals surface area (Å²) in [6, 6.07) is 14.2. The molecule has 10 nitrogen and oxygen atoms in total. The number of carbonyl (C=O) groups excluding carboxylic acids is 3. The van der Waals surface area contributed by atoms with Crippen LogP contribution in [0, 0.1) is 0 Å². The van der Waals surface area contributed by atoms with Crippen LogP contribution in [0.25, 0.3) is 0 Å². The number of likely N-dealkylation sites (tertiary alicyclic amines) is 1. The number of nitrogens with zero attached hydrogens (tertiary/aromatic N) is 2. The molecule has 2 aliphatic heterocycles. The van der Waals surface area contributed by atoms with Crippen LogP contribution in [0.5, 0.6) is 11.5 Å². The fraction of sp³-hybridized carbons (Fsp3) is 0.375. The van der Waals surface area contributed by atoms with Crippen molar-refractivity contribution >= 4 is 18.1 Å². The lowest BCUT2D eigenvalue weighted by Gasteiger charge is -2.47. The normalized spacial score (nSPS) is 19.4. The van der Waals surface area contributed by atoms with Gasteiger partial charge in [0.2, 0.25) is 6.10 Å². The van der Waals surface area contributed by atoms with Crippen molar-refractivity contribution in [2.24, 2.45) is 0 Å². The smallest absolute Gasteiger partial charge is 0.410 e. The molecule has 2 heterocycles. The van der Waals surface area contributed by atoms with Gasteiger partial charge in [0.25, 0.3) is 5.91 Å². The zero-order valence-corrected chi connectivity index (χ0v) is 19.1. The lowest BCUT2D eigenvalue weighted by atomic mass is 9.95. The summed E-state index contributed by atoms with van der Waals surface area (Å²) in [6.45, 7) is 1.40.